The molecule has 1 atom stereocenters. The molecule has 0 bridgehead atoms. The van der Waals surface area contributed by atoms with E-state index < -0.39 is 0 Å². The minimum absolute atomic E-state index is 0.0332. The number of benzene rings is 1. The molecular weight excluding hydrogens is 350 g/mol. The van der Waals surface area contributed by atoms with Gasteiger partial charge in [0.2, 0.25) is 5.91 Å². The first-order valence-corrected chi connectivity index (χ1v) is 9.74. The zero-order valence-electron chi connectivity index (χ0n) is 16.7. The van der Waals surface area contributed by atoms with E-state index in [1.54, 1.807) is 18.6 Å². The molecule has 1 aromatic carbocycles. The largest absolute Gasteiger partial charge is 0.441 e. The van der Waals surface area contributed by atoms with Crippen molar-refractivity contribution in [2.24, 2.45) is 5.92 Å². The number of nitrogens with one attached hydrogen (secondary N) is 1. The van der Waals surface area contributed by atoms with Gasteiger partial charge in [-0.1, -0.05) is 44.2 Å². The summed E-state index contributed by atoms with van der Waals surface area (Å²) >= 11 is 0. The quantitative estimate of drug-likeness (QED) is 0.615. The van der Waals surface area contributed by atoms with Gasteiger partial charge in [-0.3, -0.25) is 9.78 Å². The number of rotatable bonds is 8. The Labute approximate surface area is 166 Å². The second kappa shape index (κ2) is 9.31. The van der Waals surface area contributed by atoms with E-state index in [0.29, 0.717) is 24.7 Å². The minimum Gasteiger partial charge on any atom is -0.441 e. The Morgan fingerprint density at radius 1 is 1.11 bits per heavy atom. The molecule has 1 unspecified atom stereocenters. The van der Waals surface area contributed by atoms with Gasteiger partial charge in [0.05, 0.1) is 12.2 Å². The zero-order valence-corrected chi connectivity index (χ0v) is 16.7. The Morgan fingerprint density at radius 3 is 2.57 bits per heavy atom. The second-order valence-corrected chi connectivity index (χ2v) is 7.49. The zero-order chi connectivity index (χ0) is 19.9. The van der Waals surface area contributed by atoms with Crippen LogP contribution in [0, 0.1) is 5.92 Å². The molecule has 0 radical (unpaired) electrons. The van der Waals surface area contributed by atoms with Crippen molar-refractivity contribution in [3.05, 3.63) is 72.0 Å². The van der Waals surface area contributed by atoms with Crippen LogP contribution in [0.5, 0.6) is 0 Å². The monoisotopic (exact) mass is 377 g/mol. The van der Waals surface area contributed by atoms with Gasteiger partial charge in [0, 0.05) is 30.8 Å². The van der Waals surface area contributed by atoms with Crippen molar-refractivity contribution in [1.82, 2.24) is 15.3 Å². The lowest BCUT2D eigenvalue weighted by atomic mass is 10.0. The highest BCUT2D eigenvalue weighted by Gasteiger charge is 2.12. The lowest BCUT2D eigenvalue weighted by molar-refractivity contribution is -0.121. The molecular formula is C23H27N3O2. The highest BCUT2D eigenvalue weighted by atomic mass is 16.4. The molecule has 0 aliphatic carbocycles. The van der Waals surface area contributed by atoms with Gasteiger partial charge in [0.1, 0.15) is 0 Å². The van der Waals surface area contributed by atoms with Crippen LogP contribution in [0.25, 0.3) is 11.3 Å². The first-order valence-electron chi connectivity index (χ1n) is 9.74. The van der Waals surface area contributed by atoms with Crippen LogP contribution in [0.3, 0.4) is 0 Å². The lowest BCUT2D eigenvalue weighted by Gasteiger charge is -2.13. The topological polar surface area (TPSA) is 68.0 Å². The summed E-state index contributed by atoms with van der Waals surface area (Å²) in [6, 6.07) is 12.1. The number of hydrogen-bond donors (Lipinski definition) is 1. The van der Waals surface area contributed by atoms with Crippen LogP contribution in [0.1, 0.15) is 50.3 Å². The molecule has 0 fully saturated rings. The summed E-state index contributed by atoms with van der Waals surface area (Å²) in [6.07, 6.45) is 7.07. The van der Waals surface area contributed by atoms with Crippen LogP contribution >= 0.6 is 0 Å². The summed E-state index contributed by atoms with van der Waals surface area (Å²) in [5.74, 6) is 1.91. The van der Waals surface area contributed by atoms with Gasteiger partial charge >= 0.3 is 0 Å². The third-order valence-electron chi connectivity index (χ3n) is 4.56. The first kappa shape index (κ1) is 19.8. The van der Waals surface area contributed by atoms with Crippen LogP contribution in [-0.4, -0.2) is 15.9 Å². The summed E-state index contributed by atoms with van der Waals surface area (Å²) < 4.78 is 5.83. The van der Waals surface area contributed by atoms with Crippen molar-refractivity contribution in [1.29, 1.82) is 0 Å². The Kier molecular flexibility index (Phi) is 6.58. The van der Waals surface area contributed by atoms with Crippen LogP contribution in [0.2, 0.25) is 0 Å². The number of hydrogen-bond acceptors (Lipinski definition) is 4. The van der Waals surface area contributed by atoms with E-state index in [9.17, 15) is 4.79 Å². The van der Waals surface area contributed by atoms with E-state index in [0.717, 1.165) is 23.3 Å². The maximum atomic E-state index is 12.2. The molecule has 146 valence electrons. The van der Waals surface area contributed by atoms with Gasteiger partial charge in [-0.2, -0.15) is 0 Å². The number of pyridine rings is 1. The standard InChI is InChI=1S/C23H27N3O2/c1-16(2)13-18-6-8-19(9-7-18)21-15-25-23(28-21)11-10-22(27)26-17(3)20-5-4-12-24-14-20/h4-9,12,14-17H,10-11,13H2,1-3H3,(H,26,27). The van der Waals surface area contributed by atoms with E-state index in [4.69, 9.17) is 4.42 Å². The minimum atomic E-state index is -0.0781. The highest BCUT2D eigenvalue weighted by molar-refractivity contribution is 5.76. The fraction of sp³-hybridized carbons (Fsp3) is 0.348. The van der Waals surface area contributed by atoms with Gasteiger partial charge in [-0.05, 0) is 36.5 Å². The molecule has 1 N–H and O–H groups in total. The highest BCUT2D eigenvalue weighted by Crippen LogP contribution is 2.22. The molecule has 0 saturated heterocycles. The Bertz CT molecular complexity index is 886. The summed E-state index contributed by atoms with van der Waals surface area (Å²) in [5, 5.41) is 2.98. The van der Waals surface area contributed by atoms with E-state index in [-0.39, 0.29) is 11.9 Å². The van der Waals surface area contributed by atoms with Crippen LogP contribution < -0.4 is 5.32 Å². The van der Waals surface area contributed by atoms with E-state index in [1.807, 2.05) is 19.1 Å². The number of aromatic nitrogens is 2. The molecule has 0 aliphatic heterocycles. The molecule has 0 saturated carbocycles. The van der Waals surface area contributed by atoms with Crippen molar-refractivity contribution in [2.45, 2.75) is 46.1 Å². The van der Waals surface area contributed by atoms with Crippen molar-refractivity contribution in [3.8, 4) is 11.3 Å². The van der Waals surface area contributed by atoms with Gasteiger partial charge in [0.15, 0.2) is 11.7 Å². The summed E-state index contributed by atoms with van der Waals surface area (Å²) in [6.45, 7) is 6.37. The molecule has 5 nitrogen and oxygen atoms in total. The van der Waals surface area contributed by atoms with Crippen molar-refractivity contribution in [2.75, 3.05) is 0 Å². The fourth-order valence-corrected chi connectivity index (χ4v) is 3.09. The Hall–Kier alpha value is -2.95. The molecule has 3 aromatic rings. The third kappa shape index (κ3) is 5.52. The number of amides is 1. The Morgan fingerprint density at radius 2 is 1.89 bits per heavy atom. The maximum Gasteiger partial charge on any atom is 0.220 e. The molecule has 3 rings (SSSR count). The fourth-order valence-electron chi connectivity index (χ4n) is 3.09. The van der Waals surface area contributed by atoms with Gasteiger partial charge in [0.25, 0.3) is 0 Å². The number of carbonyl (C=O) groups is 1. The third-order valence-corrected chi connectivity index (χ3v) is 4.56. The van der Waals surface area contributed by atoms with Crippen molar-refractivity contribution < 1.29 is 9.21 Å². The molecule has 5 heteroatoms. The van der Waals surface area contributed by atoms with Crippen molar-refractivity contribution in [3.63, 3.8) is 0 Å². The average molecular weight is 377 g/mol. The van der Waals surface area contributed by atoms with E-state index >= 15 is 0 Å². The molecule has 2 aromatic heterocycles. The SMILES string of the molecule is CC(C)Cc1ccc(-c2cnc(CCC(=O)NC(C)c3cccnc3)o2)cc1. The Balaban J connectivity index is 1.52. The van der Waals surface area contributed by atoms with Crippen LogP contribution in [-0.2, 0) is 17.6 Å². The molecule has 0 aliphatic rings. The van der Waals surface area contributed by atoms with Crippen LogP contribution in [0.4, 0.5) is 0 Å². The number of carbonyl (C=O) groups excluding carboxylic acids is 1. The lowest BCUT2D eigenvalue weighted by Crippen LogP contribution is -2.26. The normalized spacial score (nSPS) is 12.1. The van der Waals surface area contributed by atoms with E-state index in [1.165, 1.54) is 5.56 Å². The van der Waals surface area contributed by atoms with Crippen LogP contribution in [0.15, 0.2) is 59.4 Å². The predicted octanol–water partition coefficient (Wildman–Crippen LogP) is 4.75. The number of nitrogens with zero attached hydrogens (tertiary/aromatic N) is 2. The summed E-state index contributed by atoms with van der Waals surface area (Å²) in [4.78, 5) is 20.6. The molecule has 2 heterocycles. The van der Waals surface area contributed by atoms with Gasteiger partial charge in [-0.15, -0.1) is 0 Å². The summed E-state index contributed by atoms with van der Waals surface area (Å²) in [5.41, 5.74) is 3.30. The predicted molar refractivity (Wildman–Crippen MR) is 110 cm³/mol. The number of oxazole rings is 1. The second-order valence-electron chi connectivity index (χ2n) is 7.49. The molecule has 1 amide bonds. The van der Waals surface area contributed by atoms with E-state index in [2.05, 4.69) is 53.4 Å². The smallest absolute Gasteiger partial charge is 0.220 e. The van der Waals surface area contributed by atoms with Gasteiger partial charge in [-0.25, -0.2) is 4.98 Å². The molecule has 28 heavy (non-hydrogen) atoms. The average Bonchev–Trinajstić information content (AvgIpc) is 3.16. The van der Waals surface area contributed by atoms with Gasteiger partial charge < -0.3 is 9.73 Å². The number of aryl methyl sites for hydroxylation is 1. The maximum absolute atomic E-state index is 12.2. The first-order chi connectivity index (χ1) is 13.5. The molecule has 0 spiro atoms. The summed E-state index contributed by atoms with van der Waals surface area (Å²) in [7, 11) is 0. The van der Waals surface area contributed by atoms with Crippen molar-refractivity contribution >= 4 is 5.91 Å².